The predicted molar refractivity (Wildman–Crippen MR) is 83.7 cm³/mol. The van der Waals surface area contributed by atoms with Gasteiger partial charge in [-0.3, -0.25) is 0 Å². The first-order chi connectivity index (χ1) is 10.0. The average molecular weight is 288 g/mol. The monoisotopic (exact) mass is 288 g/mol. The molecule has 112 valence electrons. The molecule has 1 rings (SSSR count). The molecule has 0 aliphatic carbocycles. The van der Waals surface area contributed by atoms with Gasteiger partial charge in [-0.1, -0.05) is 56.5 Å². The molecule has 0 saturated heterocycles. The van der Waals surface area contributed by atoms with Crippen molar-refractivity contribution in [1.82, 2.24) is 0 Å². The Kier molecular flexibility index (Phi) is 9.83. The van der Waals surface area contributed by atoms with Gasteiger partial charge in [0.2, 0.25) is 0 Å². The summed E-state index contributed by atoms with van der Waals surface area (Å²) in [4.78, 5) is 20.6. The third-order valence-corrected chi connectivity index (χ3v) is 2.17. The van der Waals surface area contributed by atoms with E-state index in [2.05, 4.69) is 17.9 Å². The number of aliphatic carboxylic acids is 1. The SMILES string of the molecule is C=C(C=Cc1ccccc1)C(=O)O.C=CC(=O)OCCC. The highest BCUT2D eigenvalue weighted by atomic mass is 16.5. The molecule has 0 spiro atoms. The number of benzene rings is 1. The fourth-order valence-electron chi connectivity index (χ4n) is 1.09. The summed E-state index contributed by atoms with van der Waals surface area (Å²) in [6.07, 6.45) is 5.23. The lowest BCUT2D eigenvalue weighted by Crippen LogP contribution is -1.99. The first-order valence-corrected chi connectivity index (χ1v) is 6.45. The molecule has 0 bridgehead atoms. The average Bonchev–Trinajstić information content (AvgIpc) is 2.51. The minimum absolute atomic E-state index is 0.0869. The van der Waals surface area contributed by atoms with Crippen LogP contribution in [0.1, 0.15) is 18.9 Å². The molecule has 4 nitrogen and oxygen atoms in total. The highest BCUT2D eigenvalue weighted by molar-refractivity contribution is 5.90. The van der Waals surface area contributed by atoms with Crippen LogP contribution < -0.4 is 0 Å². The maximum absolute atomic E-state index is 10.4. The van der Waals surface area contributed by atoms with Gasteiger partial charge in [0.05, 0.1) is 12.2 Å². The van der Waals surface area contributed by atoms with Crippen molar-refractivity contribution >= 4 is 18.0 Å². The standard InChI is InChI=1S/C11H10O2.C6H10O2/c1-9(11(12)13)7-8-10-5-3-2-4-6-10;1-3-5-8-6(7)4-2/h2-8H,1H2,(H,12,13);4H,2-3,5H2,1H3. The van der Waals surface area contributed by atoms with E-state index in [1.807, 2.05) is 37.3 Å². The van der Waals surface area contributed by atoms with Crippen molar-refractivity contribution in [3.8, 4) is 0 Å². The third-order valence-electron chi connectivity index (χ3n) is 2.17. The number of carboxylic acids is 1. The summed E-state index contributed by atoms with van der Waals surface area (Å²) < 4.78 is 4.58. The number of carbonyl (C=O) groups excluding carboxylic acids is 1. The van der Waals surface area contributed by atoms with Gasteiger partial charge in [0.25, 0.3) is 0 Å². The fourth-order valence-corrected chi connectivity index (χ4v) is 1.09. The second-order valence-corrected chi connectivity index (χ2v) is 3.95. The van der Waals surface area contributed by atoms with Gasteiger partial charge in [0.1, 0.15) is 0 Å². The summed E-state index contributed by atoms with van der Waals surface area (Å²) in [7, 11) is 0. The molecule has 0 atom stereocenters. The Morgan fingerprint density at radius 3 is 2.38 bits per heavy atom. The summed E-state index contributed by atoms with van der Waals surface area (Å²) in [6.45, 7) is 9.05. The van der Waals surface area contributed by atoms with Crippen molar-refractivity contribution < 1.29 is 19.4 Å². The zero-order chi connectivity index (χ0) is 16.1. The molecule has 0 heterocycles. The van der Waals surface area contributed by atoms with Crippen LogP contribution in [0.2, 0.25) is 0 Å². The van der Waals surface area contributed by atoms with Crippen LogP contribution in [0.15, 0.2) is 61.2 Å². The van der Waals surface area contributed by atoms with E-state index in [1.54, 1.807) is 6.08 Å². The van der Waals surface area contributed by atoms with Crippen molar-refractivity contribution in [2.45, 2.75) is 13.3 Å². The first-order valence-electron chi connectivity index (χ1n) is 6.45. The van der Waals surface area contributed by atoms with Gasteiger partial charge in [-0.15, -0.1) is 0 Å². The van der Waals surface area contributed by atoms with Gasteiger partial charge in [0, 0.05) is 6.08 Å². The Morgan fingerprint density at radius 2 is 1.90 bits per heavy atom. The smallest absolute Gasteiger partial charge is 0.335 e. The minimum atomic E-state index is -0.993. The van der Waals surface area contributed by atoms with Crippen LogP contribution in [-0.4, -0.2) is 23.7 Å². The van der Waals surface area contributed by atoms with Crippen LogP contribution in [-0.2, 0) is 14.3 Å². The summed E-state index contributed by atoms with van der Waals surface area (Å²) in [5.41, 5.74) is 1.05. The largest absolute Gasteiger partial charge is 0.478 e. The van der Waals surface area contributed by atoms with E-state index in [-0.39, 0.29) is 11.5 Å². The number of rotatable bonds is 6. The number of carboxylic acid groups (broad SMARTS) is 1. The molecular formula is C17H20O4. The van der Waals surface area contributed by atoms with E-state index in [9.17, 15) is 9.59 Å². The van der Waals surface area contributed by atoms with Crippen LogP contribution >= 0.6 is 0 Å². The third kappa shape index (κ3) is 9.90. The lowest BCUT2D eigenvalue weighted by atomic mass is 10.2. The Hall–Kier alpha value is -2.62. The van der Waals surface area contributed by atoms with Gasteiger partial charge in [-0.2, -0.15) is 0 Å². The van der Waals surface area contributed by atoms with Gasteiger partial charge >= 0.3 is 11.9 Å². The molecule has 0 unspecified atom stereocenters. The molecule has 1 N–H and O–H groups in total. The summed E-state index contributed by atoms with van der Waals surface area (Å²) in [5, 5.41) is 8.51. The first kappa shape index (κ1) is 18.4. The Morgan fingerprint density at radius 1 is 1.29 bits per heavy atom. The van der Waals surface area contributed by atoms with Gasteiger partial charge < -0.3 is 9.84 Å². The highest BCUT2D eigenvalue weighted by Gasteiger charge is 1.96. The van der Waals surface area contributed by atoms with E-state index in [0.717, 1.165) is 18.1 Å². The molecule has 1 aromatic rings. The number of carbonyl (C=O) groups is 2. The second kappa shape index (κ2) is 11.2. The van der Waals surface area contributed by atoms with Crippen molar-refractivity contribution in [2.24, 2.45) is 0 Å². The molecular weight excluding hydrogens is 268 g/mol. The summed E-state index contributed by atoms with van der Waals surface area (Å²) in [5.74, 6) is -1.33. The maximum atomic E-state index is 10.4. The highest BCUT2D eigenvalue weighted by Crippen LogP contribution is 2.03. The molecule has 0 aliphatic rings. The lowest BCUT2D eigenvalue weighted by Gasteiger charge is -1.94. The van der Waals surface area contributed by atoms with Crippen molar-refractivity contribution in [1.29, 1.82) is 0 Å². The Balaban J connectivity index is 0.000000433. The molecule has 0 amide bonds. The molecule has 0 aromatic heterocycles. The van der Waals surface area contributed by atoms with Crippen LogP contribution in [0, 0.1) is 0 Å². The molecule has 4 heteroatoms. The molecule has 0 radical (unpaired) electrons. The van der Waals surface area contributed by atoms with E-state index >= 15 is 0 Å². The van der Waals surface area contributed by atoms with Gasteiger partial charge in [-0.05, 0) is 18.1 Å². The fraction of sp³-hybridized carbons (Fsp3) is 0.176. The van der Waals surface area contributed by atoms with Crippen LogP contribution in [0.5, 0.6) is 0 Å². The number of hydrogen-bond donors (Lipinski definition) is 1. The van der Waals surface area contributed by atoms with Gasteiger partial charge in [-0.25, -0.2) is 9.59 Å². The molecule has 0 fully saturated rings. The molecule has 0 aliphatic heterocycles. The topological polar surface area (TPSA) is 63.6 Å². The number of ether oxygens (including phenoxy) is 1. The Labute approximate surface area is 125 Å². The quantitative estimate of drug-likeness (QED) is 0.494. The lowest BCUT2D eigenvalue weighted by molar-refractivity contribution is -0.137. The van der Waals surface area contributed by atoms with Crippen LogP contribution in [0.4, 0.5) is 0 Å². The van der Waals surface area contributed by atoms with Crippen molar-refractivity contribution in [2.75, 3.05) is 6.61 Å². The van der Waals surface area contributed by atoms with E-state index in [4.69, 9.17) is 5.11 Å². The number of esters is 1. The molecule has 0 saturated carbocycles. The van der Waals surface area contributed by atoms with E-state index < -0.39 is 5.97 Å². The minimum Gasteiger partial charge on any atom is -0.478 e. The molecule has 21 heavy (non-hydrogen) atoms. The zero-order valence-electron chi connectivity index (χ0n) is 12.1. The maximum Gasteiger partial charge on any atom is 0.335 e. The van der Waals surface area contributed by atoms with E-state index in [0.29, 0.717) is 6.61 Å². The zero-order valence-corrected chi connectivity index (χ0v) is 12.1. The van der Waals surface area contributed by atoms with Gasteiger partial charge in [0.15, 0.2) is 0 Å². The van der Waals surface area contributed by atoms with Crippen molar-refractivity contribution in [3.63, 3.8) is 0 Å². The van der Waals surface area contributed by atoms with E-state index in [1.165, 1.54) is 6.08 Å². The van der Waals surface area contributed by atoms with Crippen LogP contribution in [0.3, 0.4) is 0 Å². The Bertz CT molecular complexity index is 501. The second-order valence-electron chi connectivity index (χ2n) is 3.95. The summed E-state index contributed by atoms with van der Waals surface area (Å²) in [6, 6.07) is 9.48. The van der Waals surface area contributed by atoms with Crippen LogP contribution in [0.25, 0.3) is 6.08 Å². The van der Waals surface area contributed by atoms with Crippen molar-refractivity contribution in [3.05, 3.63) is 66.8 Å². The number of hydrogen-bond acceptors (Lipinski definition) is 3. The molecule has 1 aromatic carbocycles. The predicted octanol–water partition coefficient (Wildman–Crippen LogP) is 3.47. The summed E-state index contributed by atoms with van der Waals surface area (Å²) >= 11 is 0. The normalized spacial score (nSPS) is 9.38.